The summed E-state index contributed by atoms with van der Waals surface area (Å²) in [5.74, 6) is -2.07. The van der Waals surface area contributed by atoms with Crippen molar-refractivity contribution in [3.63, 3.8) is 0 Å². The number of carbonyl (C=O) groups excluding carboxylic acids is 1. The zero-order chi connectivity index (χ0) is 17.7. The molecular weight excluding hydrogens is 323 g/mol. The number of carboxylic acid groups (broad SMARTS) is 1. The lowest BCUT2D eigenvalue weighted by atomic mass is 9.99. The maximum atomic E-state index is 13.0. The first-order chi connectivity index (χ1) is 11.3. The fraction of sp³-hybridized carbons (Fsp3) is 0.176. The minimum Gasteiger partial charge on any atom is -0.480 e. The predicted octanol–water partition coefficient (Wildman–Crippen LogP) is 3.13. The lowest BCUT2D eigenvalue weighted by Gasteiger charge is -2.18. The molecule has 0 saturated heterocycles. The molecule has 0 aromatic heterocycles. The van der Waals surface area contributed by atoms with Gasteiger partial charge in [-0.15, -0.1) is 0 Å². The van der Waals surface area contributed by atoms with E-state index in [1.807, 2.05) is 0 Å². The van der Waals surface area contributed by atoms with E-state index in [9.17, 15) is 27.9 Å². The number of benzene rings is 2. The third-order valence-electron chi connectivity index (χ3n) is 3.39. The zero-order valence-electron chi connectivity index (χ0n) is 12.4. The number of aliphatic carboxylic acids is 1. The van der Waals surface area contributed by atoms with Crippen molar-refractivity contribution in [1.82, 2.24) is 5.32 Å². The minimum absolute atomic E-state index is 0.189. The summed E-state index contributed by atoms with van der Waals surface area (Å²) in [6, 6.07) is 11.1. The van der Waals surface area contributed by atoms with E-state index in [0.29, 0.717) is 0 Å². The topological polar surface area (TPSA) is 66.4 Å². The van der Waals surface area contributed by atoms with E-state index < -0.39 is 36.1 Å². The highest BCUT2D eigenvalue weighted by molar-refractivity contribution is 5.96. The molecule has 0 fully saturated rings. The van der Waals surface area contributed by atoms with Gasteiger partial charge in [-0.05, 0) is 23.8 Å². The molecule has 2 aromatic carbocycles. The number of amides is 1. The number of carbonyl (C=O) groups is 2. The lowest BCUT2D eigenvalue weighted by molar-refractivity contribution is -0.141. The van der Waals surface area contributed by atoms with Gasteiger partial charge >= 0.3 is 12.1 Å². The second-order valence-electron chi connectivity index (χ2n) is 5.09. The van der Waals surface area contributed by atoms with Gasteiger partial charge in [0, 0.05) is 12.0 Å². The molecule has 0 aliphatic carbocycles. The van der Waals surface area contributed by atoms with Crippen molar-refractivity contribution in [1.29, 1.82) is 0 Å². The van der Waals surface area contributed by atoms with Gasteiger partial charge in [0.05, 0.1) is 5.56 Å². The standard InChI is InChI=1S/C17H14F3NO3/c18-17(19,20)13-9-5-4-8-12(13)10-14(16(23)24)21-15(22)11-6-2-1-3-7-11/h1-9,14H,10H2,(H,21,22)(H,23,24)/t14-/m0/s1. The molecule has 0 radical (unpaired) electrons. The van der Waals surface area contributed by atoms with Gasteiger partial charge in [0.25, 0.3) is 5.91 Å². The van der Waals surface area contributed by atoms with Crippen LogP contribution in [0.1, 0.15) is 21.5 Å². The third-order valence-corrected chi connectivity index (χ3v) is 3.39. The van der Waals surface area contributed by atoms with Crippen LogP contribution < -0.4 is 5.32 Å². The van der Waals surface area contributed by atoms with Crippen LogP contribution >= 0.6 is 0 Å². The molecule has 0 heterocycles. The van der Waals surface area contributed by atoms with Crippen molar-refractivity contribution in [3.8, 4) is 0 Å². The van der Waals surface area contributed by atoms with E-state index in [1.165, 1.54) is 30.3 Å². The van der Waals surface area contributed by atoms with Crippen LogP contribution in [-0.4, -0.2) is 23.0 Å². The molecule has 2 rings (SSSR count). The third kappa shape index (κ3) is 4.34. The number of nitrogens with one attached hydrogen (secondary N) is 1. The maximum Gasteiger partial charge on any atom is 0.416 e. The fourth-order valence-corrected chi connectivity index (χ4v) is 2.23. The van der Waals surface area contributed by atoms with Gasteiger partial charge in [0.15, 0.2) is 0 Å². The van der Waals surface area contributed by atoms with Crippen molar-refractivity contribution in [2.75, 3.05) is 0 Å². The van der Waals surface area contributed by atoms with Crippen molar-refractivity contribution >= 4 is 11.9 Å². The largest absolute Gasteiger partial charge is 0.480 e. The summed E-state index contributed by atoms with van der Waals surface area (Å²) in [6.45, 7) is 0. The Kier molecular flexibility index (Phi) is 5.23. The monoisotopic (exact) mass is 337 g/mol. The van der Waals surface area contributed by atoms with Crippen LogP contribution in [0.25, 0.3) is 0 Å². The van der Waals surface area contributed by atoms with Crippen LogP contribution in [0.3, 0.4) is 0 Å². The predicted molar refractivity (Wildman–Crippen MR) is 80.5 cm³/mol. The summed E-state index contributed by atoms with van der Waals surface area (Å²) < 4.78 is 39.0. The highest BCUT2D eigenvalue weighted by Gasteiger charge is 2.34. The molecule has 0 spiro atoms. The first-order valence-corrected chi connectivity index (χ1v) is 7.03. The Morgan fingerprint density at radius 3 is 2.17 bits per heavy atom. The number of rotatable bonds is 5. The number of hydrogen-bond acceptors (Lipinski definition) is 2. The molecule has 2 N–H and O–H groups in total. The second kappa shape index (κ2) is 7.16. The van der Waals surface area contributed by atoms with Gasteiger partial charge in [-0.3, -0.25) is 4.79 Å². The van der Waals surface area contributed by atoms with Crippen LogP contribution in [0.5, 0.6) is 0 Å². The van der Waals surface area contributed by atoms with Crippen molar-refractivity contribution in [3.05, 3.63) is 71.3 Å². The van der Waals surface area contributed by atoms with Gasteiger partial charge in [0.2, 0.25) is 0 Å². The SMILES string of the molecule is O=C(N[C@@H](Cc1ccccc1C(F)(F)F)C(=O)O)c1ccccc1. The molecular formula is C17H14F3NO3. The molecule has 0 aliphatic rings. The Balaban J connectivity index is 2.22. The van der Waals surface area contributed by atoms with Crippen LogP contribution in [0.15, 0.2) is 54.6 Å². The minimum atomic E-state index is -4.59. The van der Waals surface area contributed by atoms with Gasteiger partial charge < -0.3 is 10.4 Å². The average molecular weight is 337 g/mol. The highest BCUT2D eigenvalue weighted by Crippen LogP contribution is 2.32. The summed E-state index contributed by atoms with van der Waals surface area (Å²) in [5.41, 5.74) is -0.871. The molecule has 7 heteroatoms. The average Bonchev–Trinajstić information content (AvgIpc) is 2.54. The van der Waals surface area contributed by atoms with E-state index in [4.69, 9.17) is 0 Å². The number of alkyl halides is 3. The van der Waals surface area contributed by atoms with Gasteiger partial charge in [-0.25, -0.2) is 4.79 Å². The van der Waals surface area contributed by atoms with Crippen molar-refractivity contribution < 1.29 is 27.9 Å². The molecule has 24 heavy (non-hydrogen) atoms. The second-order valence-corrected chi connectivity index (χ2v) is 5.09. The molecule has 4 nitrogen and oxygen atoms in total. The van der Waals surface area contributed by atoms with E-state index >= 15 is 0 Å². The Labute approximate surface area is 135 Å². The molecule has 126 valence electrons. The van der Waals surface area contributed by atoms with Crippen LogP contribution in [-0.2, 0) is 17.4 Å². The Morgan fingerprint density at radius 1 is 1.00 bits per heavy atom. The molecule has 0 aliphatic heterocycles. The van der Waals surface area contributed by atoms with E-state index in [0.717, 1.165) is 6.07 Å². The van der Waals surface area contributed by atoms with Gasteiger partial charge in [-0.2, -0.15) is 13.2 Å². The fourth-order valence-electron chi connectivity index (χ4n) is 2.23. The first kappa shape index (κ1) is 17.5. The Bertz CT molecular complexity index is 729. The first-order valence-electron chi connectivity index (χ1n) is 7.03. The summed E-state index contributed by atoms with van der Waals surface area (Å²) in [5, 5.41) is 11.5. The summed E-state index contributed by atoms with van der Waals surface area (Å²) in [7, 11) is 0. The summed E-state index contributed by atoms with van der Waals surface area (Å²) in [6.07, 6.45) is -5.06. The Morgan fingerprint density at radius 2 is 1.58 bits per heavy atom. The lowest BCUT2D eigenvalue weighted by Crippen LogP contribution is -2.42. The molecule has 0 unspecified atom stereocenters. The van der Waals surface area contributed by atoms with E-state index in [2.05, 4.69) is 5.32 Å². The summed E-state index contributed by atoms with van der Waals surface area (Å²) >= 11 is 0. The van der Waals surface area contributed by atoms with Crippen molar-refractivity contribution in [2.24, 2.45) is 0 Å². The molecule has 1 amide bonds. The Hall–Kier alpha value is -2.83. The normalized spacial score (nSPS) is 12.5. The van der Waals surface area contributed by atoms with Gasteiger partial charge in [0.1, 0.15) is 6.04 Å². The van der Waals surface area contributed by atoms with Crippen molar-refractivity contribution in [2.45, 2.75) is 18.6 Å². The number of halogens is 3. The summed E-state index contributed by atoms with van der Waals surface area (Å²) in [4.78, 5) is 23.4. The molecule has 0 bridgehead atoms. The highest BCUT2D eigenvalue weighted by atomic mass is 19.4. The zero-order valence-corrected chi connectivity index (χ0v) is 12.4. The molecule has 2 aromatic rings. The van der Waals surface area contributed by atoms with Crippen LogP contribution in [0, 0.1) is 0 Å². The van der Waals surface area contributed by atoms with Crippen LogP contribution in [0.2, 0.25) is 0 Å². The molecule has 1 atom stereocenters. The smallest absolute Gasteiger partial charge is 0.416 e. The van der Waals surface area contributed by atoms with E-state index in [1.54, 1.807) is 18.2 Å². The van der Waals surface area contributed by atoms with E-state index in [-0.39, 0.29) is 11.1 Å². The van der Waals surface area contributed by atoms with Crippen LogP contribution in [0.4, 0.5) is 13.2 Å². The quantitative estimate of drug-likeness (QED) is 0.881. The molecule has 0 saturated carbocycles. The van der Waals surface area contributed by atoms with Gasteiger partial charge in [-0.1, -0.05) is 36.4 Å². The number of hydrogen-bond donors (Lipinski definition) is 2. The number of carboxylic acids is 1. The maximum absolute atomic E-state index is 13.0.